The van der Waals surface area contributed by atoms with Crippen molar-refractivity contribution >= 4 is 12.0 Å². The van der Waals surface area contributed by atoms with E-state index in [-0.39, 0.29) is 12.5 Å². The number of likely N-dealkylation sites (tertiary alicyclic amines) is 1. The van der Waals surface area contributed by atoms with E-state index >= 15 is 0 Å². The Morgan fingerprint density at radius 2 is 2.24 bits per heavy atom. The molecule has 1 aliphatic heterocycles. The topological polar surface area (TPSA) is 69.6 Å². The van der Waals surface area contributed by atoms with Crippen molar-refractivity contribution in [3.63, 3.8) is 0 Å². The van der Waals surface area contributed by atoms with E-state index in [1.54, 1.807) is 4.90 Å². The maximum absolute atomic E-state index is 12.1. The molecule has 1 unspecified atom stereocenters. The second-order valence-corrected chi connectivity index (χ2v) is 5.68. The molecular weight excluding hydrogens is 268 g/mol. The summed E-state index contributed by atoms with van der Waals surface area (Å²) in [6.45, 7) is 3.92. The van der Waals surface area contributed by atoms with Gasteiger partial charge >= 0.3 is 12.0 Å². The molecule has 21 heavy (non-hydrogen) atoms. The minimum atomic E-state index is -0.766. The van der Waals surface area contributed by atoms with Crippen LogP contribution in [0.2, 0.25) is 0 Å². The Labute approximate surface area is 125 Å². The van der Waals surface area contributed by atoms with Crippen molar-refractivity contribution in [1.82, 2.24) is 10.2 Å². The lowest BCUT2D eigenvalue weighted by Gasteiger charge is -2.17. The lowest BCUT2D eigenvalue weighted by Crippen LogP contribution is -2.38. The first kappa shape index (κ1) is 15.4. The lowest BCUT2D eigenvalue weighted by molar-refractivity contribution is -0.137. The number of aliphatic carboxylic acids is 1. The highest BCUT2D eigenvalue weighted by molar-refractivity contribution is 5.74. The van der Waals surface area contributed by atoms with Gasteiger partial charge in [-0.2, -0.15) is 0 Å². The summed E-state index contributed by atoms with van der Waals surface area (Å²) in [5.74, 6) is -0.455. The number of hydrogen-bond donors (Lipinski definition) is 2. The first-order valence-corrected chi connectivity index (χ1v) is 7.34. The van der Waals surface area contributed by atoms with Crippen LogP contribution in [0.4, 0.5) is 4.79 Å². The van der Waals surface area contributed by atoms with Gasteiger partial charge in [-0.25, -0.2) is 4.79 Å². The molecule has 114 valence electrons. The van der Waals surface area contributed by atoms with Gasteiger partial charge in [-0.15, -0.1) is 0 Å². The maximum atomic E-state index is 12.1. The van der Waals surface area contributed by atoms with Crippen molar-refractivity contribution in [3.05, 3.63) is 35.4 Å². The van der Waals surface area contributed by atoms with Crippen LogP contribution in [0, 0.1) is 12.8 Å². The summed E-state index contributed by atoms with van der Waals surface area (Å²) in [4.78, 5) is 24.4. The molecule has 1 atom stereocenters. The van der Waals surface area contributed by atoms with E-state index in [2.05, 4.69) is 11.4 Å². The van der Waals surface area contributed by atoms with Gasteiger partial charge in [-0.3, -0.25) is 4.79 Å². The number of carbonyl (C=O) groups is 2. The number of carbonyl (C=O) groups excluding carboxylic acids is 1. The van der Waals surface area contributed by atoms with Crippen LogP contribution in [0.5, 0.6) is 0 Å². The van der Waals surface area contributed by atoms with E-state index in [1.807, 2.05) is 25.1 Å². The summed E-state index contributed by atoms with van der Waals surface area (Å²) in [5.41, 5.74) is 2.27. The standard InChI is InChI=1S/C16H22N2O3/c1-12-3-2-4-14(9-12)10-17-16(21)18-8-7-13(11-18)5-6-15(19)20/h2-4,9,13H,5-8,10-11H2,1H3,(H,17,21)(H,19,20). The van der Waals surface area contributed by atoms with Gasteiger partial charge in [0.05, 0.1) is 0 Å². The second kappa shape index (κ2) is 7.11. The average molecular weight is 290 g/mol. The summed E-state index contributed by atoms with van der Waals surface area (Å²) in [5, 5.41) is 11.6. The molecule has 0 spiro atoms. The summed E-state index contributed by atoms with van der Waals surface area (Å²) in [7, 11) is 0. The fraction of sp³-hybridized carbons (Fsp3) is 0.500. The van der Waals surface area contributed by atoms with Gasteiger partial charge in [0.25, 0.3) is 0 Å². The minimum Gasteiger partial charge on any atom is -0.481 e. The van der Waals surface area contributed by atoms with E-state index in [4.69, 9.17) is 5.11 Å². The van der Waals surface area contributed by atoms with Gasteiger partial charge in [0.2, 0.25) is 0 Å². The summed E-state index contributed by atoms with van der Waals surface area (Å²) in [6, 6.07) is 8.00. The summed E-state index contributed by atoms with van der Waals surface area (Å²) in [6.07, 6.45) is 1.73. The third-order valence-electron chi connectivity index (χ3n) is 3.87. The molecule has 1 aliphatic rings. The number of urea groups is 1. The van der Waals surface area contributed by atoms with Crippen LogP contribution in [0.3, 0.4) is 0 Å². The number of benzene rings is 1. The summed E-state index contributed by atoms with van der Waals surface area (Å²) >= 11 is 0. The van der Waals surface area contributed by atoms with Gasteiger partial charge in [0.1, 0.15) is 0 Å². The number of rotatable bonds is 5. The predicted octanol–water partition coefficient (Wildman–Crippen LogP) is 2.39. The molecule has 1 aromatic rings. The van der Waals surface area contributed by atoms with E-state index in [0.29, 0.717) is 32.0 Å². The molecule has 0 aromatic heterocycles. The number of nitrogens with one attached hydrogen (secondary N) is 1. The SMILES string of the molecule is Cc1cccc(CNC(=O)N2CCC(CCC(=O)O)C2)c1. The van der Waals surface area contributed by atoms with Crippen LogP contribution in [-0.2, 0) is 11.3 Å². The Morgan fingerprint density at radius 3 is 2.95 bits per heavy atom. The van der Waals surface area contributed by atoms with E-state index in [9.17, 15) is 9.59 Å². The van der Waals surface area contributed by atoms with Gasteiger partial charge in [0.15, 0.2) is 0 Å². The molecule has 1 saturated heterocycles. The second-order valence-electron chi connectivity index (χ2n) is 5.68. The molecule has 5 nitrogen and oxygen atoms in total. The van der Waals surface area contributed by atoms with Crippen molar-refractivity contribution in [2.75, 3.05) is 13.1 Å². The Hall–Kier alpha value is -2.04. The molecule has 2 rings (SSSR count). The third kappa shape index (κ3) is 4.77. The number of hydrogen-bond acceptors (Lipinski definition) is 2. The van der Waals surface area contributed by atoms with E-state index < -0.39 is 5.97 Å². The third-order valence-corrected chi connectivity index (χ3v) is 3.87. The zero-order valence-corrected chi connectivity index (χ0v) is 12.3. The maximum Gasteiger partial charge on any atom is 0.317 e. The molecule has 1 aromatic carbocycles. The Morgan fingerprint density at radius 1 is 1.43 bits per heavy atom. The number of aryl methyl sites for hydroxylation is 1. The lowest BCUT2D eigenvalue weighted by atomic mass is 10.0. The number of amides is 2. The highest BCUT2D eigenvalue weighted by Gasteiger charge is 2.26. The fourth-order valence-corrected chi connectivity index (χ4v) is 2.69. The highest BCUT2D eigenvalue weighted by Crippen LogP contribution is 2.21. The predicted molar refractivity (Wildman–Crippen MR) is 80.0 cm³/mol. The molecule has 0 saturated carbocycles. The van der Waals surface area contributed by atoms with Gasteiger partial charge < -0.3 is 15.3 Å². The van der Waals surface area contributed by atoms with Crippen molar-refractivity contribution in [2.45, 2.75) is 32.7 Å². The van der Waals surface area contributed by atoms with E-state index in [0.717, 1.165) is 12.0 Å². The monoisotopic (exact) mass is 290 g/mol. The first-order chi connectivity index (χ1) is 10.0. The summed E-state index contributed by atoms with van der Waals surface area (Å²) < 4.78 is 0. The van der Waals surface area contributed by atoms with Crippen LogP contribution < -0.4 is 5.32 Å². The normalized spacial score (nSPS) is 17.8. The average Bonchev–Trinajstić information content (AvgIpc) is 2.91. The van der Waals surface area contributed by atoms with Crippen molar-refractivity contribution < 1.29 is 14.7 Å². The number of nitrogens with zero attached hydrogens (tertiary/aromatic N) is 1. The largest absolute Gasteiger partial charge is 0.481 e. The Bertz CT molecular complexity index is 516. The molecule has 1 heterocycles. The highest BCUT2D eigenvalue weighted by atomic mass is 16.4. The van der Waals surface area contributed by atoms with Crippen molar-refractivity contribution in [2.24, 2.45) is 5.92 Å². The smallest absolute Gasteiger partial charge is 0.317 e. The Kier molecular flexibility index (Phi) is 5.20. The van der Waals surface area contributed by atoms with Gasteiger partial charge in [-0.1, -0.05) is 29.8 Å². The number of carboxylic acid groups (broad SMARTS) is 1. The minimum absolute atomic E-state index is 0.0608. The van der Waals surface area contributed by atoms with Crippen LogP contribution >= 0.6 is 0 Å². The molecule has 2 amide bonds. The van der Waals surface area contributed by atoms with Gasteiger partial charge in [0, 0.05) is 26.1 Å². The van der Waals surface area contributed by atoms with Crippen molar-refractivity contribution in [3.8, 4) is 0 Å². The molecule has 2 N–H and O–H groups in total. The fourth-order valence-electron chi connectivity index (χ4n) is 2.69. The zero-order valence-electron chi connectivity index (χ0n) is 12.3. The van der Waals surface area contributed by atoms with Crippen molar-refractivity contribution in [1.29, 1.82) is 0 Å². The molecule has 0 aliphatic carbocycles. The van der Waals surface area contributed by atoms with Crippen LogP contribution in [0.25, 0.3) is 0 Å². The first-order valence-electron chi connectivity index (χ1n) is 7.34. The van der Waals surface area contributed by atoms with Crippen LogP contribution in [0.15, 0.2) is 24.3 Å². The van der Waals surface area contributed by atoms with Crippen LogP contribution in [-0.4, -0.2) is 35.1 Å². The molecule has 1 fully saturated rings. The van der Waals surface area contributed by atoms with Gasteiger partial charge in [-0.05, 0) is 31.2 Å². The number of carboxylic acids is 1. The molecule has 0 bridgehead atoms. The Balaban J connectivity index is 1.75. The zero-order chi connectivity index (χ0) is 15.2. The molecule has 5 heteroatoms. The molecular formula is C16H22N2O3. The quantitative estimate of drug-likeness (QED) is 0.874. The van der Waals surface area contributed by atoms with Crippen LogP contribution in [0.1, 0.15) is 30.4 Å². The van der Waals surface area contributed by atoms with E-state index in [1.165, 1.54) is 5.56 Å². The molecule has 0 radical (unpaired) electrons.